The van der Waals surface area contributed by atoms with Gasteiger partial charge in [0, 0.05) is 27.3 Å². The summed E-state index contributed by atoms with van der Waals surface area (Å²) in [5.74, 6) is 2.32. The molecule has 0 saturated heterocycles. The highest BCUT2D eigenvalue weighted by Gasteiger charge is 1.94. The molecule has 0 atom stereocenters. The lowest BCUT2D eigenvalue weighted by Gasteiger charge is -1.85. The normalized spacial score (nSPS) is 10.2. The van der Waals surface area contributed by atoms with Crippen molar-refractivity contribution in [3.05, 3.63) is 0 Å². The summed E-state index contributed by atoms with van der Waals surface area (Å²) >= 11 is 1.46. The standard InChI is InChI=1S/2C4H8N2.C3H7NS.C2H6N2.2CH5N.2CH4O.3CH4/c2*1-4-5-2-3-6-4;1-3(4)5-2;1-2(3)4;4*1-2;;;/h2*2-3H2,1H3,(H,5,6);4H,1-2H3;1H3,(H3,3,4);2*2H2,1H3;2*2H,1H3;3*1H4. The minimum absolute atomic E-state index is 0. The summed E-state index contributed by atoms with van der Waals surface area (Å²) in [6, 6.07) is 0. The highest BCUT2D eigenvalue weighted by molar-refractivity contribution is 8.13. The Balaban J connectivity index is -0.0000000279. The molecular formula is C20H59N9O2S. The second-order valence-electron chi connectivity index (χ2n) is 4.23. The smallest absolute Gasteiger partial charge is 0.0933 e. The third kappa shape index (κ3) is 103. The van der Waals surface area contributed by atoms with E-state index in [1.54, 1.807) is 6.92 Å². The monoisotopic (exact) mass is 489 g/mol. The van der Waals surface area contributed by atoms with Crippen LogP contribution in [-0.2, 0) is 0 Å². The summed E-state index contributed by atoms with van der Waals surface area (Å²) in [6.45, 7) is 11.3. The minimum atomic E-state index is 0. The number of aliphatic hydroxyl groups excluding tert-OH is 2. The molecule has 11 nitrogen and oxygen atoms in total. The highest BCUT2D eigenvalue weighted by atomic mass is 32.2. The van der Waals surface area contributed by atoms with Crippen LogP contribution < -0.4 is 27.8 Å². The van der Waals surface area contributed by atoms with Crippen LogP contribution in [0.3, 0.4) is 0 Å². The van der Waals surface area contributed by atoms with E-state index >= 15 is 0 Å². The van der Waals surface area contributed by atoms with Crippen LogP contribution in [0.25, 0.3) is 0 Å². The van der Waals surface area contributed by atoms with Crippen molar-refractivity contribution < 1.29 is 10.2 Å². The molecule has 0 radical (unpaired) electrons. The Kier molecular flexibility index (Phi) is 113. The summed E-state index contributed by atoms with van der Waals surface area (Å²) in [7, 11) is 5.00. The number of nitrogens with zero attached hydrogens (tertiary/aromatic N) is 2. The van der Waals surface area contributed by atoms with Crippen molar-refractivity contribution in [1.29, 1.82) is 10.8 Å². The number of rotatable bonds is 0. The lowest BCUT2D eigenvalue weighted by molar-refractivity contribution is 0.399. The van der Waals surface area contributed by atoms with E-state index in [-0.39, 0.29) is 28.1 Å². The molecule has 0 aliphatic carbocycles. The molecular weight excluding hydrogens is 430 g/mol. The Bertz CT molecular complexity index is 356. The topological polar surface area (TPSA) is 215 Å². The Labute approximate surface area is 204 Å². The van der Waals surface area contributed by atoms with Crippen LogP contribution in [0.4, 0.5) is 0 Å². The maximum atomic E-state index is 7.00. The number of aliphatic hydroxyl groups is 2. The van der Waals surface area contributed by atoms with Crippen LogP contribution in [0.1, 0.15) is 50.0 Å². The average Bonchev–Trinajstić information content (AvgIpc) is 3.42. The molecule has 2 rings (SSSR count). The Hall–Kier alpha value is -1.73. The molecule has 0 aromatic rings. The van der Waals surface area contributed by atoms with Gasteiger partial charge in [0.25, 0.3) is 0 Å². The largest absolute Gasteiger partial charge is 0.400 e. The molecule has 12 heteroatoms. The van der Waals surface area contributed by atoms with Crippen molar-refractivity contribution in [3.63, 3.8) is 0 Å². The van der Waals surface area contributed by atoms with Crippen LogP contribution in [0.15, 0.2) is 9.98 Å². The van der Waals surface area contributed by atoms with Gasteiger partial charge in [0.2, 0.25) is 0 Å². The van der Waals surface area contributed by atoms with Crippen LogP contribution in [-0.4, -0.2) is 93.5 Å². The molecule has 0 fully saturated rings. The number of hydrogen-bond donors (Lipinski definition) is 9. The van der Waals surface area contributed by atoms with Gasteiger partial charge in [0.1, 0.15) is 0 Å². The van der Waals surface area contributed by atoms with Crippen molar-refractivity contribution in [2.24, 2.45) is 27.2 Å². The first-order chi connectivity index (χ1) is 13.8. The quantitative estimate of drug-likeness (QED) is 0.179. The molecule has 202 valence electrons. The summed E-state index contributed by atoms with van der Waals surface area (Å²) in [5, 5.41) is 33.8. The Morgan fingerprint density at radius 2 is 1.00 bits per heavy atom. The molecule has 12 N–H and O–H groups in total. The van der Waals surface area contributed by atoms with E-state index in [1.165, 1.54) is 32.8 Å². The molecule has 0 saturated carbocycles. The van der Waals surface area contributed by atoms with Gasteiger partial charge < -0.3 is 38.0 Å². The van der Waals surface area contributed by atoms with Gasteiger partial charge in [-0.1, -0.05) is 22.3 Å². The van der Waals surface area contributed by atoms with Crippen LogP contribution in [0, 0.1) is 10.8 Å². The third-order valence-corrected chi connectivity index (χ3v) is 2.60. The van der Waals surface area contributed by atoms with Crippen molar-refractivity contribution in [2.45, 2.75) is 50.0 Å². The van der Waals surface area contributed by atoms with Crippen molar-refractivity contribution in [3.8, 4) is 0 Å². The second kappa shape index (κ2) is 63.0. The summed E-state index contributed by atoms with van der Waals surface area (Å²) in [6.07, 6.45) is 1.89. The fraction of sp³-hybridized carbons (Fsp3) is 0.800. The summed E-state index contributed by atoms with van der Waals surface area (Å²) in [4.78, 5) is 8.08. The fourth-order valence-electron chi connectivity index (χ4n) is 1.03. The van der Waals surface area contributed by atoms with Gasteiger partial charge in [0.15, 0.2) is 0 Å². The van der Waals surface area contributed by atoms with Gasteiger partial charge in [-0.05, 0) is 48.0 Å². The lowest BCUT2D eigenvalue weighted by atomic mass is 10.7. The lowest BCUT2D eigenvalue weighted by Crippen LogP contribution is -2.13. The van der Waals surface area contributed by atoms with E-state index < -0.39 is 0 Å². The average molecular weight is 490 g/mol. The minimum Gasteiger partial charge on any atom is -0.400 e. The van der Waals surface area contributed by atoms with Gasteiger partial charge in [-0.15, -0.1) is 11.8 Å². The maximum absolute atomic E-state index is 7.00. The van der Waals surface area contributed by atoms with Crippen molar-refractivity contribution in [2.75, 3.05) is 60.7 Å². The van der Waals surface area contributed by atoms with Gasteiger partial charge in [-0.25, -0.2) is 0 Å². The van der Waals surface area contributed by atoms with E-state index in [0.717, 1.165) is 52.1 Å². The number of thioether (sulfide) groups is 1. The number of nitrogens with one attached hydrogen (secondary N) is 4. The van der Waals surface area contributed by atoms with Gasteiger partial charge in [0.05, 0.1) is 35.6 Å². The molecule has 0 spiro atoms. The van der Waals surface area contributed by atoms with E-state index in [9.17, 15) is 0 Å². The first-order valence-electron chi connectivity index (χ1n) is 8.74. The predicted molar refractivity (Wildman–Crippen MR) is 153 cm³/mol. The number of amidine groups is 3. The molecule has 0 bridgehead atoms. The first kappa shape index (κ1) is 57.3. The summed E-state index contributed by atoms with van der Waals surface area (Å²) in [5.41, 5.74) is 13.7. The van der Waals surface area contributed by atoms with Gasteiger partial charge >= 0.3 is 0 Å². The molecule has 32 heavy (non-hydrogen) atoms. The molecule has 2 heterocycles. The maximum Gasteiger partial charge on any atom is 0.0933 e. The molecule has 2 aliphatic rings. The van der Waals surface area contributed by atoms with Crippen LogP contribution in [0.2, 0.25) is 0 Å². The zero-order valence-corrected chi connectivity index (χ0v) is 20.6. The molecule has 0 aromatic heterocycles. The van der Waals surface area contributed by atoms with Crippen molar-refractivity contribution in [1.82, 2.24) is 10.6 Å². The molecule has 0 aromatic carbocycles. The first-order valence-corrected chi connectivity index (χ1v) is 9.96. The summed E-state index contributed by atoms with van der Waals surface area (Å²) < 4.78 is 0. The molecule has 0 unspecified atom stereocenters. The van der Waals surface area contributed by atoms with Crippen LogP contribution in [0.5, 0.6) is 0 Å². The predicted octanol–water partition coefficient (Wildman–Crippen LogP) is 1.58. The fourth-order valence-corrected chi connectivity index (χ4v) is 1.03. The zero-order valence-electron chi connectivity index (χ0n) is 19.8. The van der Waals surface area contributed by atoms with E-state index in [1.807, 2.05) is 20.1 Å². The number of hydrogen-bond acceptors (Lipinski definition) is 11. The van der Waals surface area contributed by atoms with Gasteiger partial charge in [-0.3, -0.25) is 20.8 Å². The van der Waals surface area contributed by atoms with E-state index in [0.29, 0.717) is 5.04 Å². The second-order valence-corrected chi connectivity index (χ2v) is 5.25. The Morgan fingerprint density at radius 1 is 0.812 bits per heavy atom. The highest BCUT2D eigenvalue weighted by Crippen LogP contribution is 1.89. The van der Waals surface area contributed by atoms with E-state index in [4.69, 9.17) is 26.8 Å². The Morgan fingerprint density at radius 3 is 1.03 bits per heavy atom. The van der Waals surface area contributed by atoms with Crippen LogP contribution >= 0.6 is 11.8 Å². The zero-order chi connectivity index (χ0) is 24.7. The molecule has 0 amide bonds. The van der Waals surface area contributed by atoms with Crippen molar-refractivity contribution >= 4 is 34.3 Å². The van der Waals surface area contributed by atoms with Gasteiger partial charge in [-0.2, -0.15) is 0 Å². The SMILES string of the molecule is C.C.C.CC(=N)N.CC1=NCCN1.CC1=NCCN1.CN.CN.CO.CO.CSC(C)=N. The molecule has 2 aliphatic heterocycles. The number of aliphatic imine (C=N–C) groups is 2. The number of nitrogens with two attached hydrogens (primary N) is 3. The van der Waals surface area contributed by atoms with E-state index in [2.05, 4.69) is 32.1 Å². The third-order valence-electron chi connectivity index (χ3n) is 1.99.